The Balaban J connectivity index is 1.73. The maximum absolute atomic E-state index is 12.6. The van der Waals surface area contributed by atoms with Gasteiger partial charge in [-0.3, -0.25) is 9.59 Å². The van der Waals surface area contributed by atoms with Crippen molar-refractivity contribution in [3.8, 4) is 0 Å². The number of amides is 1. The van der Waals surface area contributed by atoms with Gasteiger partial charge in [0.2, 0.25) is 10.9 Å². The molecule has 0 aliphatic carbocycles. The molecule has 0 fully saturated rings. The van der Waals surface area contributed by atoms with E-state index in [1.807, 2.05) is 52.8 Å². The molecule has 0 radical (unpaired) electrons. The second-order valence-corrected chi connectivity index (χ2v) is 9.50. The number of hydrogen-bond acceptors (Lipinski definition) is 7. The van der Waals surface area contributed by atoms with Crippen LogP contribution < -0.4 is 10.9 Å². The molecule has 7 nitrogen and oxygen atoms in total. The summed E-state index contributed by atoms with van der Waals surface area (Å²) in [5.41, 5.74) is 2.60. The SMILES string of the molecule is Cc1ccc(C)c(NC(=O)CSc2nn3c(=O)c(C(C)(C)C)nnc3s2)c1. The molecule has 0 bridgehead atoms. The number of anilines is 1. The Hall–Kier alpha value is -2.26. The summed E-state index contributed by atoms with van der Waals surface area (Å²) in [6.07, 6.45) is 0. The van der Waals surface area contributed by atoms with Crippen LogP contribution in [0.2, 0.25) is 0 Å². The zero-order valence-electron chi connectivity index (χ0n) is 15.9. The minimum atomic E-state index is -0.409. The average molecular weight is 404 g/mol. The van der Waals surface area contributed by atoms with Crippen LogP contribution in [-0.2, 0) is 10.2 Å². The van der Waals surface area contributed by atoms with Gasteiger partial charge in [-0.05, 0) is 31.0 Å². The molecule has 0 saturated carbocycles. The largest absolute Gasteiger partial charge is 0.325 e. The molecule has 0 spiro atoms. The van der Waals surface area contributed by atoms with Gasteiger partial charge in [0.15, 0.2) is 4.34 Å². The molecular formula is C18H21N5O2S2. The number of aromatic nitrogens is 4. The molecule has 1 amide bonds. The molecule has 27 heavy (non-hydrogen) atoms. The normalized spacial score (nSPS) is 11.7. The van der Waals surface area contributed by atoms with Crippen LogP contribution in [0.5, 0.6) is 0 Å². The van der Waals surface area contributed by atoms with E-state index in [0.29, 0.717) is 15.0 Å². The summed E-state index contributed by atoms with van der Waals surface area (Å²) in [6.45, 7) is 9.66. The Labute approximate surface area is 165 Å². The number of thioether (sulfide) groups is 1. The van der Waals surface area contributed by atoms with Crippen molar-refractivity contribution in [1.82, 2.24) is 19.8 Å². The van der Waals surface area contributed by atoms with Gasteiger partial charge in [-0.1, -0.05) is 56.0 Å². The molecule has 0 aliphatic rings. The zero-order valence-corrected chi connectivity index (χ0v) is 17.5. The first-order valence-electron chi connectivity index (χ1n) is 8.42. The highest BCUT2D eigenvalue weighted by Gasteiger charge is 2.23. The average Bonchev–Trinajstić information content (AvgIpc) is 3.00. The highest BCUT2D eigenvalue weighted by molar-refractivity contribution is 8.01. The fourth-order valence-electron chi connectivity index (χ4n) is 2.41. The Morgan fingerprint density at radius 1 is 1.26 bits per heavy atom. The standard InChI is InChI=1S/C18H21N5O2S2/c1-10-6-7-11(2)12(8-10)19-13(24)9-26-17-22-23-15(25)14(18(3,4)5)20-21-16(23)27-17/h6-8H,9H2,1-5H3,(H,19,24). The van der Waals surface area contributed by atoms with Crippen molar-refractivity contribution in [3.05, 3.63) is 45.4 Å². The molecule has 2 aromatic heterocycles. The number of carbonyl (C=O) groups excluding carboxylic acids is 1. The first kappa shape index (κ1) is 19.5. The summed E-state index contributed by atoms with van der Waals surface area (Å²) in [4.78, 5) is 25.2. The molecule has 0 atom stereocenters. The Morgan fingerprint density at radius 2 is 2.00 bits per heavy atom. The van der Waals surface area contributed by atoms with E-state index in [9.17, 15) is 9.59 Å². The van der Waals surface area contributed by atoms with Crippen LogP contribution in [0, 0.1) is 13.8 Å². The lowest BCUT2D eigenvalue weighted by Gasteiger charge is -2.14. The van der Waals surface area contributed by atoms with E-state index < -0.39 is 5.41 Å². The van der Waals surface area contributed by atoms with Crippen molar-refractivity contribution in [2.45, 2.75) is 44.4 Å². The summed E-state index contributed by atoms with van der Waals surface area (Å²) in [5, 5.41) is 15.4. The van der Waals surface area contributed by atoms with E-state index in [4.69, 9.17) is 0 Å². The molecule has 0 aliphatic heterocycles. The van der Waals surface area contributed by atoms with Gasteiger partial charge in [-0.15, -0.1) is 15.3 Å². The van der Waals surface area contributed by atoms with Gasteiger partial charge < -0.3 is 5.32 Å². The van der Waals surface area contributed by atoms with Crippen LogP contribution >= 0.6 is 23.1 Å². The third-order valence-corrected chi connectivity index (χ3v) is 5.91. The molecule has 1 N–H and O–H groups in total. The lowest BCUT2D eigenvalue weighted by molar-refractivity contribution is -0.113. The summed E-state index contributed by atoms with van der Waals surface area (Å²) < 4.78 is 1.87. The smallest absolute Gasteiger partial charge is 0.297 e. The number of aryl methyl sites for hydroxylation is 2. The van der Waals surface area contributed by atoms with Crippen LogP contribution in [0.1, 0.15) is 37.6 Å². The second-order valence-electron chi connectivity index (χ2n) is 7.32. The van der Waals surface area contributed by atoms with E-state index in [1.165, 1.54) is 27.6 Å². The minimum Gasteiger partial charge on any atom is -0.325 e. The first-order chi connectivity index (χ1) is 12.6. The predicted octanol–water partition coefficient (Wildman–Crippen LogP) is 3.19. The van der Waals surface area contributed by atoms with Gasteiger partial charge in [0, 0.05) is 11.1 Å². The Bertz CT molecular complexity index is 1070. The summed E-state index contributed by atoms with van der Waals surface area (Å²) >= 11 is 2.52. The Morgan fingerprint density at radius 3 is 2.70 bits per heavy atom. The first-order valence-corrected chi connectivity index (χ1v) is 10.2. The number of rotatable bonds is 4. The highest BCUT2D eigenvalue weighted by Crippen LogP contribution is 2.24. The van der Waals surface area contributed by atoms with E-state index in [1.54, 1.807) is 0 Å². The minimum absolute atomic E-state index is 0.123. The van der Waals surface area contributed by atoms with Gasteiger partial charge in [0.25, 0.3) is 5.56 Å². The summed E-state index contributed by atoms with van der Waals surface area (Å²) in [7, 11) is 0. The molecule has 0 saturated heterocycles. The number of benzene rings is 1. The van der Waals surface area contributed by atoms with Crippen LogP contribution in [0.15, 0.2) is 27.3 Å². The molecule has 0 unspecified atom stereocenters. The second kappa shape index (κ2) is 7.40. The van der Waals surface area contributed by atoms with Gasteiger partial charge in [-0.2, -0.15) is 4.52 Å². The number of fused-ring (bicyclic) bond motifs is 1. The molecule has 9 heteroatoms. The third kappa shape index (κ3) is 4.36. The van der Waals surface area contributed by atoms with E-state index >= 15 is 0 Å². The molecule has 2 heterocycles. The van der Waals surface area contributed by atoms with Crippen molar-refractivity contribution in [2.75, 3.05) is 11.1 Å². The van der Waals surface area contributed by atoms with Crippen molar-refractivity contribution >= 4 is 39.7 Å². The highest BCUT2D eigenvalue weighted by atomic mass is 32.2. The monoisotopic (exact) mass is 403 g/mol. The van der Waals surface area contributed by atoms with Crippen LogP contribution in [0.4, 0.5) is 5.69 Å². The van der Waals surface area contributed by atoms with E-state index in [2.05, 4.69) is 20.6 Å². The van der Waals surface area contributed by atoms with E-state index in [-0.39, 0.29) is 17.2 Å². The molecule has 1 aromatic carbocycles. The number of nitrogens with one attached hydrogen (secondary N) is 1. The molecule has 3 aromatic rings. The van der Waals surface area contributed by atoms with Gasteiger partial charge in [-0.25, -0.2) is 0 Å². The lowest BCUT2D eigenvalue weighted by atomic mass is 9.93. The van der Waals surface area contributed by atoms with Crippen molar-refractivity contribution in [3.63, 3.8) is 0 Å². The maximum Gasteiger partial charge on any atom is 0.297 e. The van der Waals surface area contributed by atoms with Crippen molar-refractivity contribution in [2.24, 2.45) is 0 Å². The van der Waals surface area contributed by atoms with Crippen molar-refractivity contribution < 1.29 is 4.79 Å². The Kier molecular flexibility index (Phi) is 5.34. The number of hydrogen-bond donors (Lipinski definition) is 1. The molecular weight excluding hydrogens is 382 g/mol. The van der Waals surface area contributed by atoms with Gasteiger partial charge >= 0.3 is 0 Å². The quantitative estimate of drug-likeness (QED) is 0.673. The maximum atomic E-state index is 12.6. The number of carbonyl (C=O) groups is 1. The zero-order chi connectivity index (χ0) is 19.8. The van der Waals surface area contributed by atoms with Gasteiger partial charge in [0.05, 0.1) is 5.75 Å². The van der Waals surface area contributed by atoms with Crippen LogP contribution in [-0.4, -0.2) is 31.5 Å². The topological polar surface area (TPSA) is 89.3 Å². The molecule has 3 rings (SSSR count). The predicted molar refractivity (Wildman–Crippen MR) is 109 cm³/mol. The number of nitrogens with zero attached hydrogens (tertiary/aromatic N) is 4. The van der Waals surface area contributed by atoms with E-state index in [0.717, 1.165) is 16.8 Å². The summed E-state index contributed by atoms with van der Waals surface area (Å²) in [6, 6.07) is 5.92. The van der Waals surface area contributed by atoms with Crippen LogP contribution in [0.25, 0.3) is 4.96 Å². The fourth-order valence-corrected chi connectivity index (χ4v) is 4.08. The third-order valence-electron chi connectivity index (χ3n) is 3.88. The van der Waals surface area contributed by atoms with Crippen LogP contribution in [0.3, 0.4) is 0 Å². The summed E-state index contributed by atoms with van der Waals surface area (Å²) in [5.74, 6) is 0.0726. The lowest BCUT2D eigenvalue weighted by Crippen LogP contribution is -2.30. The molecule has 142 valence electrons. The van der Waals surface area contributed by atoms with Crippen molar-refractivity contribution in [1.29, 1.82) is 0 Å². The fraction of sp³-hybridized carbons (Fsp3) is 0.389. The van der Waals surface area contributed by atoms with Gasteiger partial charge in [0.1, 0.15) is 5.69 Å².